The molecule has 0 bridgehead atoms. The molecule has 1 saturated heterocycles. The fourth-order valence-corrected chi connectivity index (χ4v) is 4.03. The summed E-state index contributed by atoms with van der Waals surface area (Å²) in [5.41, 5.74) is 3.15. The van der Waals surface area contributed by atoms with Gasteiger partial charge in [0.05, 0.1) is 11.1 Å². The first-order valence-corrected chi connectivity index (χ1v) is 11.1. The maximum Gasteiger partial charge on any atom is 0.257 e. The lowest BCUT2D eigenvalue weighted by molar-refractivity contribution is 0.102. The number of anilines is 3. The molecule has 1 aliphatic rings. The van der Waals surface area contributed by atoms with Gasteiger partial charge >= 0.3 is 0 Å². The molecular formula is C24H22ClN7O. The van der Waals surface area contributed by atoms with Crippen LogP contribution in [0.5, 0.6) is 0 Å². The lowest BCUT2D eigenvalue weighted by atomic mass is 10.1. The molecule has 33 heavy (non-hydrogen) atoms. The molecular weight excluding hydrogens is 438 g/mol. The summed E-state index contributed by atoms with van der Waals surface area (Å²) in [4.78, 5) is 34.5. The minimum atomic E-state index is -0.235. The first kappa shape index (κ1) is 21.1. The summed E-state index contributed by atoms with van der Waals surface area (Å²) in [6, 6.07) is 12.9. The average molecular weight is 460 g/mol. The number of nitrogens with zero attached hydrogens (tertiary/aromatic N) is 6. The second-order valence-corrected chi connectivity index (χ2v) is 8.26. The number of aromatic nitrogens is 4. The largest absolute Gasteiger partial charge is 0.353 e. The van der Waals surface area contributed by atoms with Gasteiger partial charge in [-0.1, -0.05) is 11.6 Å². The number of piperazine rings is 1. The molecule has 0 saturated carbocycles. The highest BCUT2D eigenvalue weighted by Crippen LogP contribution is 2.26. The van der Waals surface area contributed by atoms with Crippen LogP contribution in [0, 0.1) is 6.92 Å². The van der Waals surface area contributed by atoms with Gasteiger partial charge in [0.25, 0.3) is 5.91 Å². The van der Waals surface area contributed by atoms with Gasteiger partial charge in [-0.3, -0.25) is 4.79 Å². The van der Waals surface area contributed by atoms with Crippen LogP contribution in [-0.2, 0) is 0 Å². The quantitative estimate of drug-likeness (QED) is 0.462. The Morgan fingerprint density at radius 1 is 0.970 bits per heavy atom. The topological polar surface area (TPSA) is 87.1 Å². The lowest BCUT2D eigenvalue weighted by Gasteiger charge is -2.35. The number of nitrogens with one attached hydrogen (secondary N) is 1. The Balaban J connectivity index is 1.31. The summed E-state index contributed by atoms with van der Waals surface area (Å²) in [5.74, 6) is 1.49. The van der Waals surface area contributed by atoms with E-state index in [0.29, 0.717) is 16.4 Å². The number of benzene rings is 1. The first-order chi connectivity index (χ1) is 16.1. The molecule has 0 atom stereocenters. The zero-order valence-electron chi connectivity index (χ0n) is 18.1. The molecule has 0 radical (unpaired) electrons. The Hall–Kier alpha value is -3.78. The van der Waals surface area contributed by atoms with Crippen molar-refractivity contribution in [2.75, 3.05) is 41.3 Å². The van der Waals surface area contributed by atoms with E-state index >= 15 is 0 Å². The van der Waals surface area contributed by atoms with E-state index in [1.807, 2.05) is 24.3 Å². The highest BCUT2D eigenvalue weighted by Gasteiger charge is 2.20. The Morgan fingerprint density at radius 3 is 2.45 bits per heavy atom. The second-order valence-electron chi connectivity index (χ2n) is 7.88. The summed E-state index contributed by atoms with van der Waals surface area (Å²) >= 11 is 5.80. The zero-order chi connectivity index (χ0) is 22.8. The summed E-state index contributed by atoms with van der Waals surface area (Å²) in [5, 5.41) is 4.27. The molecule has 166 valence electrons. The zero-order valence-corrected chi connectivity index (χ0v) is 18.8. The number of halogens is 1. The minimum absolute atomic E-state index is 0.235. The van der Waals surface area contributed by atoms with Crippen molar-refractivity contribution in [1.29, 1.82) is 0 Å². The Bertz CT molecular complexity index is 1290. The molecule has 9 heteroatoms. The normalized spacial score (nSPS) is 13.9. The van der Waals surface area contributed by atoms with Gasteiger partial charge in [0.15, 0.2) is 0 Å². The third-order valence-corrected chi connectivity index (χ3v) is 5.91. The van der Waals surface area contributed by atoms with Crippen LogP contribution in [0.2, 0.25) is 5.15 Å². The highest BCUT2D eigenvalue weighted by atomic mass is 35.5. The van der Waals surface area contributed by atoms with Crippen molar-refractivity contribution in [2.24, 2.45) is 0 Å². The van der Waals surface area contributed by atoms with E-state index in [0.717, 1.165) is 54.4 Å². The van der Waals surface area contributed by atoms with E-state index in [1.165, 1.54) is 6.20 Å². The summed E-state index contributed by atoms with van der Waals surface area (Å²) in [6.45, 7) is 5.44. The fraction of sp³-hybridized carbons (Fsp3) is 0.208. The maximum absolute atomic E-state index is 12.5. The smallest absolute Gasteiger partial charge is 0.257 e. The van der Waals surface area contributed by atoms with E-state index in [1.54, 1.807) is 24.5 Å². The van der Waals surface area contributed by atoms with Crippen molar-refractivity contribution in [3.63, 3.8) is 0 Å². The number of hydrogen-bond acceptors (Lipinski definition) is 7. The van der Waals surface area contributed by atoms with Gasteiger partial charge in [0, 0.05) is 55.8 Å². The molecule has 4 aromatic rings. The SMILES string of the molecule is Cc1cc(N2CCN(c3ncccn3)CC2)nc2ccc(NC(=O)c3ccc(Cl)nc3)cc12. The molecule has 5 rings (SSSR count). The number of carbonyl (C=O) groups is 1. The highest BCUT2D eigenvalue weighted by molar-refractivity contribution is 6.29. The number of rotatable bonds is 4. The minimum Gasteiger partial charge on any atom is -0.353 e. The van der Waals surface area contributed by atoms with Crippen molar-refractivity contribution >= 4 is 45.9 Å². The molecule has 1 aliphatic heterocycles. The molecule has 8 nitrogen and oxygen atoms in total. The van der Waals surface area contributed by atoms with Gasteiger partial charge in [-0.2, -0.15) is 0 Å². The molecule has 0 unspecified atom stereocenters. The predicted molar refractivity (Wildman–Crippen MR) is 130 cm³/mol. The number of carbonyl (C=O) groups excluding carboxylic acids is 1. The van der Waals surface area contributed by atoms with E-state index < -0.39 is 0 Å². The van der Waals surface area contributed by atoms with Gasteiger partial charge < -0.3 is 15.1 Å². The van der Waals surface area contributed by atoms with E-state index in [-0.39, 0.29) is 5.91 Å². The van der Waals surface area contributed by atoms with Gasteiger partial charge in [0.1, 0.15) is 11.0 Å². The second kappa shape index (κ2) is 8.99. The van der Waals surface area contributed by atoms with Gasteiger partial charge in [-0.05, 0) is 55.0 Å². The molecule has 0 aliphatic carbocycles. The third-order valence-electron chi connectivity index (χ3n) is 5.69. The maximum atomic E-state index is 12.5. The molecule has 1 amide bonds. The Morgan fingerprint density at radius 2 is 1.73 bits per heavy atom. The standard InChI is InChI=1S/C24H22ClN7O/c1-16-13-22(31-9-11-32(12-10-31)24-26-7-2-8-27-24)30-20-5-4-18(14-19(16)20)29-23(33)17-3-6-21(25)28-15-17/h2-8,13-15H,9-12H2,1H3,(H,29,33). The molecule has 0 spiro atoms. The average Bonchev–Trinajstić information content (AvgIpc) is 2.85. The molecule has 1 fully saturated rings. The van der Waals surface area contributed by atoms with Gasteiger partial charge in [-0.15, -0.1) is 0 Å². The fourth-order valence-electron chi connectivity index (χ4n) is 3.92. The summed E-state index contributed by atoms with van der Waals surface area (Å²) < 4.78 is 0. The van der Waals surface area contributed by atoms with Crippen LogP contribution in [0.3, 0.4) is 0 Å². The van der Waals surface area contributed by atoms with Crippen molar-refractivity contribution in [3.8, 4) is 0 Å². The number of amides is 1. The molecule has 1 N–H and O–H groups in total. The van der Waals surface area contributed by atoms with Crippen LogP contribution in [0.1, 0.15) is 15.9 Å². The van der Waals surface area contributed by atoms with Crippen LogP contribution in [0.25, 0.3) is 10.9 Å². The van der Waals surface area contributed by atoms with Crippen LogP contribution in [0.4, 0.5) is 17.5 Å². The van der Waals surface area contributed by atoms with Crippen molar-refractivity contribution in [3.05, 3.63) is 77.3 Å². The van der Waals surface area contributed by atoms with Crippen LogP contribution >= 0.6 is 11.6 Å². The van der Waals surface area contributed by atoms with Crippen molar-refractivity contribution < 1.29 is 4.79 Å². The van der Waals surface area contributed by atoms with E-state index in [2.05, 4.69) is 43.1 Å². The Labute approximate surface area is 196 Å². The number of fused-ring (bicyclic) bond motifs is 1. The third kappa shape index (κ3) is 4.56. The number of pyridine rings is 2. The Kier molecular flexibility index (Phi) is 5.75. The van der Waals surface area contributed by atoms with E-state index in [9.17, 15) is 4.79 Å². The number of hydrogen-bond donors (Lipinski definition) is 1. The lowest BCUT2D eigenvalue weighted by Crippen LogP contribution is -2.47. The molecule has 3 aromatic heterocycles. The monoisotopic (exact) mass is 459 g/mol. The van der Waals surface area contributed by atoms with Crippen LogP contribution in [-0.4, -0.2) is 52.0 Å². The molecule has 4 heterocycles. The predicted octanol–water partition coefficient (Wildman–Crippen LogP) is 3.96. The number of aryl methyl sites for hydroxylation is 1. The van der Waals surface area contributed by atoms with Crippen LogP contribution < -0.4 is 15.1 Å². The molecule has 1 aromatic carbocycles. The van der Waals surface area contributed by atoms with Crippen LogP contribution in [0.15, 0.2) is 61.1 Å². The van der Waals surface area contributed by atoms with Crippen molar-refractivity contribution in [1.82, 2.24) is 19.9 Å². The van der Waals surface area contributed by atoms with Gasteiger partial charge in [-0.25, -0.2) is 19.9 Å². The summed E-state index contributed by atoms with van der Waals surface area (Å²) in [7, 11) is 0. The van der Waals surface area contributed by atoms with E-state index in [4.69, 9.17) is 16.6 Å². The van der Waals surface area contributed by atoms with Crippen molar-refractivity contribution in [2.45, 2.75) is 6.92 Å². The van der Waals surface area contributed by atoms with Gasteiger partial charge in [0.2, 0.25) is 5.95 Å². The summed E-state index contributed by atoms with van der Waals surface area (Å²) in [6.07, 6.45) is 5.00. The first-order valence-electron chi connectivity index (χ1n) is 10.7.